The Balaban J connectivity index is 2.17. The van der Waals surface area contributed by atoms with E-state index in [0.29, 0.717) is 31.9 Å². The predicted octanol–water partition coefficient (Wildman–Crippen LogP) is -0.267. The molecule has 1 fully saturated rings. The van der Waals surface area contributed by atoms with Crippen LogP contribution in [-0.2, 0) is 11.8 Å². The molecule has 0 saturated carbocycles. The monoisotopic (exact) mass is 268 g/mol. The van der Waals surface area contributed by atoms with E-state index in [1.165, 1.54) is 23.7 Å². The van der Waals surface area contributed by atoms with Crippen LogP contribution < -0.4 is 5.73 Å². The zero-order valence-corrected chi connectivity index (χ0v) is 10.6. The number of amides is 1. The molecule has 8 heteroatoms. The number of nitrogens with zero attached hydrogens (tertiary/aromatic N) is 3. The number of rotatable bonds is 3. The van der Waals surface area contributed by atoms with Crippen molar-refractivity contribution < 1.29 is 14.5 Å². The molecule has 19 heavy (non-hydrogen) atoms. The number of nitrogens with two attached hydrogens (primary N) is 1. The number of carbonyl (C=O) groups is 1. The predicted molar refractivity (Wildman–Crippen MR) is 66.8 cm³/mol. The molecule has 1 unspecified atom stereocenters. The summed E-state index contributed by atoms with van der Waals surface area (Å²) in [5.74, 6) is -0.343. The normalized spacial score (nSPS) is 19.5. The highest BCUT2D eigenvalue weighted by molar-refractivity contribution is 5.93. The van der Waals surface area contributed by atoms with Gasteiger partial charge in [0.15, 0.2) is 5.69 Å². The number of ether oxygens (including phenoxy) is 1. The lowest BCUT2D eigenvalue weighted by atomic mass is 10.2. The first kappa shape index (κ1) is 13.5. The number of hydrogen-bond acceptors (Lipinski definition) is 5. The minimum Gasteiger partial charge on any atom is -0.373 e. The average Bonchev–Trinajstić information content (AvgIpc) is 2.80. The topological polar surface area (TPSA) is 104 Å². The molecule has 0 aromatic carbocycles. The van der Waals surface area contributed by atoms with Gasteiger partial charge < -0.3 is 25.5 Å². The van der Waals surface area contributed by atoms with E-state index < -0.39 is 4.92 Å². The fourth-order valence-electron chi connectivity index (χ4n) is 2.11. The van der Waals surface area contributed by atoms with Crippen LogP contribution in [0.4, 0.5) is 5.82 Å². The van der Waals surface area contributed by atoms with E-state index in [1.807, 2.05) is 0 Å². The molecule has 1 aliphatic heterocycles. The van der Waals surface area contributed by atoms with Gasteiger partial charge in [-0.1, -0.05) is 0 Å². The van der Waals surface area contributed by atoms with Crippen LogP contribution in [0, 0.1) is 10.1 Å². The Morgan fingerprint density at radius 1 is 1.63 bits per heavy atom. The third kappa shape index (κ3) is 2.59. The van der Waals surface area contributed by atoms with Crippen LogP contribution in [0.1, 0.15) is 10.5 Å². The van der Waals surface area contributed by atoms with Gasteiger partial charge in [0, 0.05) is 25.7 Å². The summed E-state index contributed by atoms with van der Waals surface area (Å²) in [6, 6.07) is 2.79. The van der Waals surface area contributed by atoms with Gasteiger partial charge in [0.1, 0.15) is 0 Å². The zero-order chi connectivity index (χ0) is 14.0. The second-order valence-electron chi connectivity index (χ2n) is 4.37. The molecule has 1 aliphatic rings. The molecule has 1 amide bonds. The Kier molecular flexibility index (Phi) is 3.82. The van der Waals surface area contributed by atoms with Crippen LogP contribution in [0.3, 0.4) is 0 Å². The van der Waals surface area contributed by atoms with Gasteiger partial charge in [-0.25, -0.2) is 4.57 Å². The lowest BCUT2D eigenvalue weighted by molar-refractivity contribution is -0.391. The van der Waals surface area contributed by atoms with Crippen LogP contribution in [-0.4, -0.2) is 52.6 Å². The molecule has 1 saturated heterocycles. The van der Waals surface area contributed by atoms with Crippen molar-refractivity contribution in [2.24, 2.45) is 12.8 Å². The number of aromatic nitrogens is 1. The summed E-state index contributed by atoms with van der Waals surface area (Å²) in [6.07, 6.45) is -0.173. The van der Waals surface area contributed by atoms with E-state index in [9.17, 15) is 14.9 Å². The van der Waals surface area contributed by atoms with E-state index in [1.54, 1.807) is 4.90 Å². The van der Waals surface area contributed by atoms with E-state index in [2.05, 4.69) is 0 Å². The third-order valence-electron chi connectivity index (χ3n) is 3.19. The van der Waals surface area contributed by atoms with Crippen LogP contribution in [0.15, 0.2) is 12.1 Å². The summed E-state index contributed by atoms with van der Waals surface area (Å²) < 4.78 is 6.67. The van der Waals surface area contributed by atoms with Crippen LogP contribution in [0.25, 0.3) is 0 Å². The van der Waals surface area contributed by atoms with Gasteiger partial charge in [-0.15, -0.1) is 0 Å². The second kappa shape index (κ2) is 5.37. The third-order valence-corrected chi connectivity index (χ3v) is 3.19. The number of carbonyl (C=O) groups excluding carboxylic acids is 1. The molecular weight excluding hydrogens is 252 g/mol. The molecule has 104 valence electrons. The van der Waals surface area contributed by atoms with Gasteiger partial charge in [0.2, 0.25) is 0 Å². The van der Waals surface area contributed by atoms with Crippen LogP contribution in [0.5, 0.6) is 0 Å². The SMILES string of the molecule is Cn1c(C(=O)N2CCOC(CN)C2)ccc1[N+](=O)[O-]. The van der Waals surface area contributed by atoms with Crippen molar-refractivity contribution in [1.29, 1.82) is 0 Å². The van der Waals surface area contributed by atoms with Gasteiger partial charge in [0.05, 0.1) is 19.8 Å². The second-order valence-corrected chi connectivity index (χ2v) is 4.37. The van der Waals surface area contributed by atoms with E-state index in [-0.39, 0.29) is 17.8 Å². The summed E-state index contributed by atoms with van der Waals surface area (Å²) in [4.78, 5) is 24.2. The highest BCUT2D eigenvalue weighted by Crippen LogP contribution is 2.17. The van der Waals surface area contributed by atoms with Crippen molar-refractivity contribution in [3.63, 3.8) is 0 Å². The maximum absolute atomic E-state index is 12.3. The maximum Gasteiger partial charge on any atom is 0.323 e. The number of hydrogen-bond donors (Lipinski definition) is 1. The highest BCUT2D eigenvalue weighted by atomic mass is 16.6. The van der Waals surface area contributed by atoms with E-state index >= 15 is 0 Å². The smallest absolute Gasteiger partial charge is 0.323 e. The highest BCUT2D eigenvalue weighted by Gasteiger charge is 2.29. The van der Waals surface area contributed by atoms with Crippen molar-refractivity contribution in [3.8, 4) is 0 Å². The van der Waals surface area contributed by atoms with Crippen molar-refractivity contribution >= 4 is 11.7 Å². The first-order valence-corrected chi connectivity index (χ1v) is 5.95. The Labute approximate surface area is 109 Å². The summed E-state index contributed by atoms with van der Waals surface area (Å²) >= 11 is 0. The minimum absolute atomic E-state index is 0.105. The number of nitro groups is 1. The number of morpholine rings is 1. The molecule has 1 aromatic rings. The lowest BCUT2D eigenvalue weighted by Crippen LogP contribution is -2.48. The molecule has 0 spiro atoms. The summed E-state index contributed by atoms with van der Waals surface area (Å²) in [6.45, 7) is 1.65. The Morgan fingerprint density at radius 2 is 2.37 bits per heavy atom. The van der Waals surface area contributed by atoms with Crippen LogP contribution in [0.2, 0.25) is 0 Å². The molecule has 1 atom stereocenters. The van der Waals surface area contributed by atoms with Gasteiger partial charge in [-0.2, -0.15) is 0 Å². The van der Waals surface area contributed by atoms with E-state index in [0.717, 1.165) is 0 Å². The van der Waals surface area contributed by atoms with Crippen molar-refractivity contribution in [2.45, 2.75) is 6.10 Å². The molecule has 2 N–H and O–H groups in total. The Hall–Kier alpha value is -1.93. The average molecular weight is 268 g/mol. The molecule has 8 nitrogen and oxygen atoms in total. The standard InChI is InChI=1S/C11H16N4O4/c1-13-9(2-3-10(13)15(17)18)11(16)14-4-5-19-8(6-12)7-14/h2-3,8H,4-7,12H2,1H3. The quantitative estimate of drug-likeness (QED) is 0.600. The molecule has 1 aromatic heterocycles. The zero-order valence-electron chi connectivity index (χ0n) is 10.6. The van der Waals surface area contributed by atoms with Crippen molar-refractivity contribution in [2.75, 3.05) is 26.2 Å². The van der Waals surface area contributed by atoms with Gasteiger partial charge in [-0.3, -0.25) is 4.79 Å². The molecule has 0 bridgehead atoms. The molecule has 2 rings (SSSR count). The molecule has 0 aliphatic carbocycles. The lowest BCUT2D eigenvalue weighted by Gasteiger charge is -2.31. The first-order valence-electron chi connectivity index (χ1n) is 5.95. The van der Waals surface area contributed by atoms with Crippen molar-refractivity contribution in [3.05, 3.63) is 27.9 Å². The fraction of sp³-hybridized carbons (Fsp3) is 0.545. The molecular formula is C11H16N4O4. The summed E-state index contributed by atoms with van der Waals surface area (Å²) in [7, 11) is 1.51. The first-order chi connectivity index (χ1) is 9.04. The summed E-state index contributed by atoms with van der Waals surface area (Å²) in [5.41, 5.74) is 5.82. The minimum atomic E-state index is -0.515. The Morgan fingerprint density at radius 3 is 2.95 bits per heavy atom. The van der Waals surface area contributed by atoms with Gasteiger partial charge in [-0.05, 0) is 11.0 Å². The van der Waals surface area contributed by atoms with Gasteiger partial charge in [0.25, 0.3) is 5.91 Å². The molecule has 2 heterocycles. The van der Waals surface area contributed by atoms with E-state index in [4.69, 9.17) is 10.5 Å². The maximum atomic E-state index is 12.3. The van der Waals surface area contributed by atoms with Gasteiger partial charge >= 0.3 is 5.82 Å². The fourth-order valence-corrected chi connectivity index (χ4v) is 2.11. The summed E-state index contributed by atoms with van der Waals surface area (Å²) in [5, 5.41) is 10.8. The van der Waals surface area contributed by atoms with Crippen molar-refractivity contribution in [1.82, 2.24) is 9.47 Å². The Bertz CT molecular complexity index is 499. The van der Waals surface area contributed by atoms with Crippen LogP contribution >= 0.6 is 0 Å². The molecule has 0 radical (unpaired) electrons. The largest absolute Gasteiger partial charge is 0.373 e.